The second-order valence-corrected chi connectivity index (χ2v) is 6.48. The van der Waals surface area contributed by atoms with Crippen LogP contribution in [-0.2, 0) is 14.1 Å². The maximum Gasteiger partial charge on any atom is 0.494 e. The largest absolute Gasteiger partial charge is 0.494 e. The number of hydrogen-bond acceptors (Lipinski definition) is 3. The Morgan fingerprint density at radius 2 is 1.60 bits per heavy atom. The minimum absolute atomic E-state index is 0.188. The second-order valence-electron chi connectivity index (χ2n) is 6.48. The van der Waals surface area contributed by atoms with Crippen LogP contribution in [0.2, 0.25) is 0 Å². The zero-order valence-corrected chi connectivity index (χ0v) is 12.5. The Hall–Kier alpha value is -1.33. The molecule has 0 spiro atoms. The van der Waals surface area contributed by atoms with E-state index < -0.39 is 0 Å². The van der Waals surface area contributed by atoms with Crippen molar-refractivity contribution in [2.75, 3.05) is 11.4 Å². The van der Waals surface area contributed by atoms with Gasteiger partial charge in [0.15, 0.2) is 0 Å². The lowest BCUT2D eigenvalue weighted by molar-refractivity contribution is -0.122. The summed E-state index contributed by atoms with van der Waals surface area (Å²) in [5.41, 5.74) is 1.27. The van der Waals surface area contributed by atoms with Gasteiger partial charge in [-0.25, -0.2) is 0 Å². The van der Waals surface area contributed by atoms with Crippen molar-refractivity contribution >= 4 is 24.2 Å². The van der Waals surface area contributed by atoms with E-state index in [0.29, 0.717) is 6.42 Å². The molecule has 0 unspecified atom stereocenters. The Bertz CT molecular complexity index is 523. The van der Waals surface area contributed by atoms with Crippen LogP contribution in [0.4, 0.5) is 5.69 Å². The molecule has 0 radical (unpaired) electrons. The van der Waals surface area contributed by atoms with E-state index in [1.54, 1.807) is 4.90 Å². The highest BCUT2D eigenvalue weighted by Gasteiger charge is 2.51. The standard InChI is InChI=1S/C15H20BNO3/c1-14(2)15(3,4)20-16(19-14)11-5-7-12(8-6-11)17-10-9-13(17)18/h5-8H,9-10H2,1-4H3. The summed E-state index contributed by atoms with van der Waals surface area (Å²) in [4.78, 5) is 13.2. The molecule has 2 saturated heterocycles. The minimum Gasteiger partial charge on any atom is -0.399 e. The molecular formula is C15H20BNO3. The van der Waals surface area contributed by atoms with Crippen LogP contribution in [0.1, 0.15) is 34.1 Å². The Kier molecular flexibility index (Phi) is 2.96. The van der Waals surface area contributed by atoms with Gasteiger partial charge in [0.05, 0.1) is 11.2 Å². The molecule has 1 amide bonds. The van der Waals surface area contributed by atoms with Crippen molar-refractivity contribution < 1.29 is 14.1 Å². The first-order valence-electron chi connectivity index (χ1n) is 7.06. The predicted octanol–water partition coefficient (Wildman–Crippen LogP) is 1.72. The fourth-order valence-electron chi connectivity index (χ4n) is 2.38. The van der Waals surface area contributed by atoms with Crippen LogP contribution in [-0.4, -0.2) is 30.8 Å². The Morgan fingerprint density at radius 3 is 2.00 bits per heavy atom. The van der Waals surface area contributed by atoms with Crippen LogP contribution in [0.5, 0.6) is 0 Å². The topological polar surface area (TPSA) is 38.8 Å². The average Bonchev–Trinajstić information content (AvgIpc) is 2.57. The van der Waals surface area contributed by atoms with Gasteiger partial charge >= 0.3 is 7.12 Å². The number of hydrogen-bond donors (Lipinski definition) is 0. The third kappa shape index (κ3) is 2.05. The van der Waals surface area contributed by atoms with Crippen LogP contribution in [0.25, 0.3) is 0 Å². The van der Waals surface area contributed by atoms with Gasteiger partial charge in [-0.1, -0.05) is 12.1 Å². The third-order valence-electron chi connectivity index (χ3n) is 4.58. The second kappa shape index (κ2) is 4.33. The summed E-state index contributed by atoms with van der Waals surface area (Å²) in [6.07, 6.45) is 0.652. The van der Waals surface area contributed by atoms with Gasteiger partial charge in [0.1, 0.15) is 0 Å². The highest BCUT2D eigenvalue weighted by Crippen LogP contribution is 2.36. The molecule has 0 N–H and O–H groups in total. The molecule has 5 heteroatoms. The fourth-order valence-corrected chi connectivity index (χ4v) is 2.38. The third-order valence-corrected chi connectivity index (χ3v) is 4.58. The van der Waals surface area contributed by atoms with E-state index in [2.05, 4.69) is 0 Å². The molecule has 0 aliphatic carbocycles. The molecule has 0 aromatic heterocycles. The zero-order valence-electron chi connectivity index (χ0n) is 12.5. The van der Waals surface area contributed by atoms with Gasteiger partial charge in [-0.3, -0.25) is 4.79 Å². The van der Waals surface area contributed by atoms with Gasteiger partial charge in [0.2, 0.25) is 5.91 Å². The van der Waals surface area contributed by atoms with Crippen molar-refractivity contribution in [3.8, 4) is 0 Å². The smallest absolute Gasteiger partial charge is 0.399 e. The summed E-state index contributed by atoms with van der Waals surface area (Å²) in [5, 5.41) is 0. The maximum absolute atomic E-state index is 11.4. The van der Waals surface area contributed by atoms with E-state index >= 15 is 0 Å². The van der Waals surface area contributed by atoms with Crippen molar-refractivity contribution in [1.29, 1.82) is 0 Å². The van der Waals surface area contributed by atoms with Gasteiger partial charge < -0.3 is 14.2 Å². The zero-order chi connectivity index (χ0) is 14.5. The van der Waals surface area contributed by atoms with Gasteiger partial charge in [-0.15, -0.1) is 0 Å². The van der Waals surface area contributed by atoms with Gasteiger partial charge in [0, 0.05) is 18.7 Å². The molecule has 2 heterocycles. The highest BCUT2D eigenvalue weighted by atomic mass is 16.7. The number of anilines is 1. The number of nitrogens with zero attached hydrogens (tertiary/aromatic N) is 1. The van der Waals surface area contributed by atoms with Gasteiger partial charge in [-0.2, -0.15) is 0 Å². The maximum atomic E-state index is 11.4. The van der Waals surface area contributed by atoms with Crippen molar-refractivity contribution in [1.82, 2.24) is 0 Å². The van der Waals surface area contributed by atoms with Crippen LogP contribution in [0.15, 0.2) is 24.3 Å². The summed E-state index contributed by atoms with van der Waals surface area (Å²) < 4.78 is 12.0. The average molecular weight is 273 g/mol. The molecule has 1 aromatic carbocycles. The molecule has 2 aliphatic rings. The quantitative estimate of drug-likeness (QED) is 0.608. The number of β-lactam (4-membered cyclic amide) rings is 1. The molecule has 3 rings (SSSR count). The molecular weight excluding hydrogens is 253 g/mol. The van der Waals surface area contributed by atoms with Crippen LogP contribution >= 0.6 is 0 Å². The summed E-state index contributed by atoms with van der Waals surface area (Å²) in [6, 6.07) is 7.86. The summed E-state index contributed by atoms with van der Waals surface area (Å²) in [7, 11) is -0.346. The minimum atomic E-state index is -0.346. The summed E-state index contributed by atoms with van der Waals surface area (Å²) in [6.45, 7) is 8.98. The normalized spacial score (nSPS) is 23.9. The number of carbonyl (C=O) groups is 1. The fraction of sp³-hybridized carbons (Fsp3) is 0.533. The van der Waals surface area contributed by atoms with Crippen molar-refractivity contribution in [3.05, 3.63) is 24.3 Å². The van der Waals surface area contributed by atoms with E-state index in [0.717, 1.165) is 17.7 Å². The lowest BCUT2D eigenvalue weighted by Crippen LogP contribution is -2.43. The number of rotatable bonds is 2. The van der Waals surface area contributed by atoms with Gasteiger partial charge in [-0.05, 0) is 45.3 Å². The van der Waals surface area contributed by atoms with E-state index in [9.17, 15) is 4.79 Å². The van der Waals surface area contributed by atoms with E-state index in [1.165, 1.54) is 0 Å². The van der Waals surface area contributed by atoms with Gasteiger partial charge in [0.25, 0.3) is 0 Å². The predicted molar refractivity (Wildman–Crippen MR) is 79.1 cm³/mol. The molecule has 0 saturated carbocycles. The first-order chi connectivity index (χ1) is 9.30. The number of amides is 1. The molecule has 0 atom stereocenters. The van der Waals surface area contributed by atoms with Crippen LogP contribution in [0.3, 0.4) is 0 Å². The first-order valence-corrected chi connectivity index (χ1v) is 7.06. The molecule has 0 bridgehead atoms. The Labute approximate surface area is 120 Å². The molecule has 106 valence electrons. The van der Waals surface area contributed by atoms with Crippen molar-refractivity contribution in [2.45, 2.75) is 45.3 Å². The number of carbonyl (C=O) groups excluding carboxylic acids is 1. The van der Waals surface area contributed by atoms with E-state index in [4.69, 9.17) is 9.31 Å². The van der Waals surface area contributed by atoms with Crippen LogP contribution in [0, 0.1) is 0 Å². The van der Waals surface area contributed by atoms with E-state index in [1.807, 2.05) is 52.0 Å². The lowest BCUT2D eigenvalue weighted by atomic mass is 9.79. The highest BCUT2D eigenvalue weighted by molar-refractivity contribution is 6.62. The molecule has 2 fully saturated rings. The monoisotopic (exact) mass is 273 g/mol. The molecule has 1 aromatic rings. The van der Waals surface area contributed by atoms with Crippen molar-refractivity contribution in [3.63, 3.8) is 0 Å². The SMILES string of the molecule is CC1(C)OB(c2ccc(N3CCC3=O)cc2)OC1(C)C. The lowest BCUT2D eigenvalue weighted by Gasteiger charge is -2.32. The Balaban J connectivity index is 1.78. The first kappa shape index (κ1) is 13.6. The van der Waals surface area contributed by atoms with Crippen LogP contribution < -0.4 is 10.4 Å². The molecule has 2 aliphatic heterocycles. The van der Waals surface area contributed by atoms with Crippen molar-refractivity contribution in [2.24, 2.45) is 0 Å². The Morgan fingerprint density at radius 1 is 1.05 bits per heavy atom. The summed E-state index contributed by atoms with van der Waals surface area (Å²) >= 11 is 0. The summed E-state index contributed by atoms with van der Waals surface area (Å²) in [5.74, 6) is 0.188. The molecule has 20 heavy (non-hydrogen) atoms. The van der Waals surface area contributed by atoms with E-state index in [-0.39, 0.29) is 24.2 Å². The number of benzene rings is 1. The molecule has 4 nitrogen and oxygen atoms in total.